The monoisotopic (exact) mass is 664 g/mol. The van der Waals surface area contributed by atoms with Crippen molar-refractivity contribution in [2.45, 2.75) is 0 Å². The lowest BCUT2D eigenvalue weighted by molar-refractivity contribution is 0.389. The van der Waals surface area contributed by atoms with Gasteiger partial charge in [-0.2, -0.15) is 0 Å². The van der Waals surface area contributed by atoms with Crippen LogP contribution in [0.3, 0.4) is 0 Å². The molecule has 0 atom stereocenters. The summed E-state index contributed by atoms with van der Waals surface area (Å²) in [4.78, 5) is 25.7. The van der Waals surface area contributed by atoms with Crippen molar-refractivity contribution in [2.75, 3.05) is 6.66 Å². The summed E-state index contributed by atoms with van der Waals surface area (Å²) in [6.07, 6.45) is 0. The molecule has 0 fully saturated rings. The van der Waals surface area contributed by atoms with Gasteiger partial charge in [-0.3, -0.25) is 9.59 Å². The second-order valence-corrected chi connectivity index (χ2v) is 12.1. The number of aromatic hydroxyl groups is 8. The summed E-state index contributed by atoms with van der Waals surface area (Å²) in [6, 6.07) is 10.7. The molecule has 0 amide bonds. The zero-order valence-corrected chi connectivity index (χ0v) is 24.6. The summed E-state index contributed by atoms with van der Waals surface area (Å²) in [5.74, 6) is -6.84. The van der Waals surface area contributed by atoms with E-state index in [2.05, 4.69) is 0 Å². The lowest BCUT2D eigenvalue weighted by atomic mass is 10.1. The van der Waals surface area contributed by atoms with Gasteiger partial charge in [-0.15, -0.1) is 0 Å². The molecular formula is C31H21O15P. The van der Waals surface area contributed by atoms with Crippen LogP contribution in [0.2, 0.25) is 0 Å². The Morgan fingerprint density at radius 2 is 0.915 bits per heavy atom. The van der Waals surface area contributed by atoms with Crippen molar-refractivity contribution in [2.24, 2.45) is 0 Å². The first-order valence-corrected chi connectivity index (χ1v) is 15.2. The summed E-state index contributed by atoms with van der Waals surface area (Å²) >= 11 is 0. The molecule has 0 saturated heterocycles. The normalized spacial score (nSPS) is 11.6. The molecule has 2 heterocycles. The van der Waals surface area contributed by atoms with Crippen LogP contribution in [0.15, 0.2) is 79.1 Å². The van der Waals surface area contributed by atoms with Crippen LogP contribution in [0.1, 0.15) is 0 Å². The van der Waals surface area contributed by atoms with E-state index in [1.807, 2.05) is 0 Å². The van der Waals surface area contributed by atoms with E-state index in [4.69, 9.17) is 17.9 Å². The highest BCUT2D eigenvalue weighted by molar-refractivity contribution is 7.53. The number of phenolic OH excluding ortho intramolecular Hbond substituents is 6. The standard InChI is InChI=1S/C31H21O15P/c1-47(42,45-14-8-20(36)24-22(10-14)43-30(28(40)26(24)38)12-2-4-16(32)18(34)6-12)46-15-9-21(37)25-23(11-15)44-31(29(41)27(25)39)13-3-5-17(33)19(35)7-13/h2-11,32-37,40-41H,1H3. The molecule has 2 aromatic heterocycles. The van der Waals surface area contributed by atoms with Gasteiger partial charge in [-0.05, 0) is 36.4 Å². The summed E-state index contributed by atoms with van der Waals surface area (Å²) < 4.78 is 35.6. The van der Waals surface area contributed by atoms with Crippen LogP contribution in [-0.4, -0.2) is 47.5 Å². The Balaban J connectivity index is 1.36. The smallest absolute Gasteiger partial charge is 0.427 e. The van der Waals surface area contributed by atoms with Crippen LogP contribution in [-0.2, 0) is 4.57 Å². The van der Waals surface area contributed by atoms with E-state index in [-0.39, 0.29) is 33.8 Å². The average molecular weight is 664 g/mol. The third kappa shape index (κ3) is 5.40. The molecule has 6 aromatic rings. The van der Waals surface area contributed by atoms with Gasteiger partial charge in [0.15, 0.2) is 34.5 Å². The fraction of sp³-hybridized carbons (Fsp3) is 0.0323. The quantitative estimate of drug-likeness (QED) is 0.0845. The maximum absolute atomic E-state index is 13.4. The highest BCUT2D eigenvalue weighted by Gasteiger charge is 2.26. The SMILES string of the molecule is CP(=O)(Oc1cc(O)c2c(=O)c(O)c(-c3ccc(O)c(O)c3)oc2c1)Oc1cc(O)c2c(=O)c(O)c(-c3ccc(O)c(O)c3)oc2c1. The Labute approximate surface area is 260 Å². The molecule has 0 spiro atoms. The van der Waals surface area contributed by atoms with E-state index in [1.165, 1.54) is 12.1 Å². The van der Waals surface area contributed by atoms with Gasteiger partial charge in [-0.25, -0.2) is 4.57 Å². The number of benzene rings is 4. The summed E-state index contributed by atoms with van der Waals surface area (Å²) in [5, 5.41) is 80.0. The van der Waals surface area contributed by atoms with Crippen molar-refractivity contribution in [1.29, 1.82) is 0 Å². The van der Waals surface area contributed by atoms with E-state index in [9.17, 15) is 55.0 Å². The lowest BCUT2D eigenvalue weighted by Gasteiger charge is -2.17. The molecule has 240 valence electrons. The number of hydrogen-bond donors (Lipinski definition) is 8. The van der Waals surface area contributed by atoms with Crippen LogP contribution in [0, 0.1) is 0 Å². The first kappa shape index (κ1) is 30.6. The molecule has 8 N–H and O–H groups in total. The topological polar surface area (TPSA) is 258 Å². The second kappa shape index (κ2) is 10.9. The molecule has 47 heavy (non-hydrogen) atoms. The number of phenols is 6. The van der Waals surface area contributed by atoms with Gasteiger partial charge in [0.1, 0.15) is 44.9 Å². The molecule has 0 radical (unpaired) electrons. The van der Waals surface area contributed by atoms with E-state index in [1.54, 1.807) is 0 Å². The summed E-state index contributed by atoms with van der Waals surface area (Å²) in [7, 11) is -4.22. The minimum atomic E-state index is -4.22. The van der Waals surface area contributed by atoms with Gasteiger partial charge >= 0.3 is 7.60 Å². The van der Waals surface area contributed by atoms with Gasteiger partial charge in [0, 0.05) is 35.4 Å². The molecule has 0 aliphatic heterocycles. The zero-order valence-electron chi connectivity index (χ0n) is 23.7. The van der Waals surface area contributed by atoms with Crippen LogP contribution in [0.5, 0.6) is 57.5 Å². The minimum Gasteiger partial charge on any atom is -0.507 e. The van der Waals surface area contributed by atoms with E-state index < -0.39 is 86.7 Å². The predicted molar refractivity (Wildman–Crippen MR) is 164 cm³/mol. The Bertz CT molecular complexity index is 2280. The van der Waals surface area contributed by atoms with Gasteiger partial charge < -0.3 is 58.7 Å². The van der Waals surface area contributed by atoms with Crippen molar-refractivity contribution >= 4 is 29.5 Å². The van der Waals surface area contributed by atoms with Crippen molar-refractivity contribution < 1.29 is 63.3 Å². The fourth-order valence-electron chi connectivity index (χ4n) is 4.76. The van der Waals surface area contributed by atoms with Crippen LogP contribution in [0.4, 0.5) is 0 Å². The predicted octanol–water partition coefficient (Wildman–Crippen LogP) is 5.16. The molecule has 4 aromatic carbocycles. The van der Waals surface area contributed by atoms with Gasteiger partial charge in [0.05, 0.1) is 6.66 Å². The third-order valence-electron chi connectivity index (χ3n) is 6.87. The van der Waals surface area contributed by atoms with Crippen molar-refractivity contribution in [3.8, 4) is 80.1 Å². The van der Waals surface area contributed by atoms with E-state index in [0.717, 1.165) is 55.2 Å². The number of fused-ring (bicyclic) bond motifs is 2. The molecule has 0 saturated carbocycles. The van der Waals surface area contributed by atoms with Crippen LogP contribution in [0.25, 0.3) is 44.6 Å². The Hall–Kier alpha value is -6.47. The Morgan fingerprint density at radius 1 is 0.532 bits per heavy atom. The maximum atomic E-state index is 13.4. The molecule has 0 unspecified atom stereocenters. The summed E-state index contributed by atoms with van der Waals surface area (Å²) in [5.41, 5.74) is -2.77. The van der Waals surface area contributed by atoms with Crippen molar-refractivity contribution in [3.63, 3.8) is 0 Å². The zero-order chi connectivity index (χ0) is 33.9. The molecule has 0 aliphatic carbocycles. The van der Waals surface area contributed by atoms with Crippen LogP contribution < -0.4 is 19.9 Å². The Morgan fingerprint density at radius 3 is 1.28 bits per heavy atom. The average Bonchev–Trinajstić information content (AvgIpc) is 2.98. The summed E-state index contributed by atoms with van der Waals surface area (Å²) in [6.45, 7) is 1.02. The van der Waals surface area contributed by atoms with E-state index >= 15 is 0 Å². The largest absolute Gasteiger partial charge is 0.507 e. The minimum absolute atomic E-state index is 0.00596. The molecule has 0 aliphatic rings. The van der Waals surface area contributed by atoms with Crippen molar-refractivity contribution in [3.05, 3.63) is 81.1 Å². The van der Waals surface area contributed by atoms with Crippen molar-refractivity contribution in [1.82, 2.24) is 0 Å². The van der Waals surface area contributed by atoms with Gasteiger partial charge in [-0.1, -0.05) is 0 Å². The molecule has 0 bridgehead atoms. The molecular weight excluding hydrogens is 643 g/mol. The highest BCUT2D eigenvalue weighted by Crippen LogP contribution is 2.48. The number of rotatable bonds is 6. The third-order valence-corrected chi connectivity index (χ3v) is 7.95. The maximum Gasteiger partial charge on any atom is 0.427 e. The van der Waals surface area contributed by atoms with Gasteiger partial charge in [0.25, 0.3) is 0 Å². The molecule has 6 rings (SSSR count). The lowest BCUT2D eigenvalue weighted by Crippen LogP contribution is -2.05. The van der Waals surface area contributed by atoms with Crippen LogP contribution >= 0.6 is 7.60 Å². The first-order valence-electron chi connectivity index (χ1n) is 13.2. The first-order chi connectivity index (χ1) is 22.1. The fourth-order valence-corrected chi connectivity index (χ4v) is 5.77. The second-order valence-electron chi connectivity index (χ2n) is 10.2. The van der Waals surface area contributed by atoms with Gasteiger partial charge in [0.2, 0.25) is 22.4 Å². The Kier molecular flexibility index (Phi) is 7.06. The van der Waals surface area contributed by atoms with E-state index in [0.29, 0.717) is 0 Å². The highest BCUT2D eigenvalue weighted by atomic mass is 31.2. The number of hydrogen-bond acceptors (Lipinski definition) is 15. The molecule has 16 heteroatoms. The molecule has 15 nitrogen and oxygen atoms in total.